The molecule has 1 aliphatic carbocycles. The Hall–Kier alpha value is -3.82. The summed E-state index contributed by atoms with van der Waals surface area (Å²) < 4.78 is 33.5. The molecule has 0 unspecified atom stereocenters. The predicted octanol–water partition coefficient (Wildman–Crippen LogP) is 0.246. The number of rotatable bonds is 6. The summed E-state index contributed by atoms with van der Waals surface area (Å²) in [6, 6.07) is 7.38. The monoisotopic (exact) mass is 572 g/mol. The molecular weight excluding hydrogens is 540 g/mol. The van der Waals surface area contributed by atoms with E-state index in [0.717, 1.165) is 17.3 Å². The number of nitrogens with one attached hydrogen (secondary N) is 4. The van der Waals surface area contributed by atoms with Crippen LogP contribution in [0, 0.1) is 0 Å². The third-order valence-corrected chi connectivity index (χ3v) is 8.60. The second kappa shape index (κ2) is 12.1. The number of amides is 4. The summed E-state index contributed by atoms with van der Waals surface area (Å²) in [4.78, 5) is 47.7. The Kier molecular flexibility index (Phi) is 8.42. The van der Waals surface area contributed by atoms with Gasteiger partial charge in [-0.25, -0.2) is 24.3 Å². The lowest BCUT2D eigenvalue weighted by Crippen LogP contribution is -2.55. The zero-order valence-corrected chi connectivity index (χ0v) is 22.7. The molecule has 4 N–H and O–H groups in total. The topological polar surface area (TPSA) is 175 Å². The predicted molar refractivity (Wildman–Crippen MR) is 144 cm³/mol. The summed E-state index contributed by atoms with van der Waals surface area (Å²) in [5, 5.41) is 8.68. The first-order valence-corrected chi connectivity index (χ1v) is 14.7. The number of carbonyl (C=O) groups excluding carboxylic acids is 3. The van der Waals surface area contributed by atoms with E-state index in [9.17, 15) is 22.8 Å². The highest BCUT2D eigenvalue weighted by Gasteiger charge is 2.32. The van der Waals surface area contributed by atoms with Gasteiger partial charge in [-0.05, 0) is 43.4 Å². The average Bonchev–Trinajstić information content (AvgIpc) is 3.36. The molecule has 1 aromatic heterocycles. The van der Waals surface area contributed by atoms with Gasteiger partial charge in [0.25, 0.3) is 5.91 Å². The molecule has 5 rings (SSSR count). The zero-order chi connectivity index (χ0) is 28.1. The van der Waals surface area contributed by atoms with Crippen LogP contribution in [0.25, 0.3) is 0 Å². The fraction of sp³-hybridized carbons (Fsp3) is 0.480. The van der Waals surface area contributed by atoms with Crippen molar-refractivity contribution >= 4 is 34.1 Å². The van der Waals surface area contributed by atoms with Crippen LogP contribution in [0.5, 0.6) is 0 Å². The Bertz CT molecular complexity index is 1330. The van der Waals surface area contributed by atoms with Crippen molar-refractivity contribution in [2.75, 3.05) is 44.6 Å². The smallest absolute Gasteiger partial charge is 0.422 e. The van der Waals surface area contributed by atoms with E-state index in [2.05, 4.69) is 25.9 Å². The lowest BCUT2D eigenvalue weighted by Gasteiger charge is -2.33. The Balaban J connectivity index is 1.12. The van der Waals surface area contributed by atoms with Crippen molar-refractivity contribution in [3.05, 3.63) is 53.5 Å². The Labute approximate surface area is 232 Å². The fourth-order valence-electron chi connectivity index (χ4n) is 5.09. The number of anilines is 1. The summed E-state index contributed by atoms with van der Waals surface area (Å²) in [5.41, 5.74) is 2.37. The first-order chi connectivity index (χ1) is 19.3. The van der Waals surface area contributed by atoms with E-state index < -0.39 is 28.2 Å². The van der Waals surface area contributed by atoms with Gasteiger partial charge in [0.15, 0.2) is 11.5 Å². The first-order valence-electron chi connectivity index (χ1n) is 13.2. The number of ether oxygens (including phenoxy) is 1. The molecule has 40 heavy (non-hydrogen) atoms. The van der Waals surface area contributed by atoms with Crippen molar-refractivity contribution in [3.63, 3.8) is 0 Å². The largest absolute Gasteiger partial charge is 0.444 e. The van der Waals surface area contributed by atoms with Gasteiger partial charge in [-0.3, -0.25) is 10.1 Å². The number of hydrogen-bond acceptors (Lipinski definition) is 9. The van der Waals surface area contributed by atoms with E-state index in [1.54, 1.807) is 0 Å². The normalized spacial score (nSPS) is 19.9. The van der Waals surface area contributed by atoms with Crippen molar-refractivity contribution < 1.29 is 27.5 Å². The van der Waals surface area contributed by atoms with Crippen LogP contribution >= 0.6 is 0 Å². The van der Waals surface area contributed by atoms with Gasteiger partial charge in [0.1, 0.15) is 6.10 Å². The van der Waals surface area contributed by atoms with Gasteiger partial charge >= 0.3 is 22.3 Å². The molecule has 1 atom stereocenters. The highest BCUT2D eigenvalue weighted by molar-refractivity contribution is 7.87. The molecule has 1 aromatic carbocycles. The first kappa shape index (κ1) is 27.7. The van der Waals surface area contributed by atoms with Crippen LogP contribution in [0.4, 0.5) is 15.4 Å². The summed E-state index contributed by atoms with van der Waals surface area (Å²) in [7, 11) is -4.14. The lowest BCUT2D eigenvalue weighted by molar-refractivity contribution is 0.0864. The van der Waals surface area contributed by atoms with Gasteiger partial charge in [0.2, 0.25) is 0 Å². The third kappa shape index (κ3) is 6.66. The molecule has 0 spiro atoms. The minimum Gasteiger partial charge on any atom is -0.444 e. The van der Waals surface area contributed by atoms with Gasteiger partial charge in [-0.2, -0.15) is 12.7 Å². The minimum absolute atomic E-state index is 0.0103. The highest BCUT2D eigenvalue weighted by atomic mass is 32.2. The van der Waals surface area contributed by atoms with Crippen molar-refractivity contribution in [2.24, 2.45) is 0 Å². The van der Waals surface area contributed by atoms with Gasteiger partial charge in [-0.1, -0.05) is 24.3 Å². The standard InChI is InChI=1S/C25H32N8O6S/c34-23(29-19-14-17-4-1-2-5-18(17)15-19)21-22(28-9-8-27-21)30-24(35)32-10-12-33(13-11-32)40(37,38)31-25(36)39-20-6-3-7-26-16-20/h1-2,4-5,8-9,19-20,26H,3,6-7,10-16H2,(H,29,34)(H,31,36)(H,28,30,35)/t20-/m0/s1. The lowest BCUT2D eigenvalue weighted by atomic mass is 10.1. The molecular formula is C25H32N8O6S. The van der Waals surface area contributed by atoms with E-state index in [1.807, 2.05) is 29.0 Å². The summed E-state index contributed by atoms with van der Waals surface area (Å²) >= 11 is 0. The molecule has 0 radical (unpaired) electrons. The summed E-state index contributed by atoms with van der Waals surface area (Å²) in [5.74, 6) is -0.434. The number of fused-ring (bicyclic) bond motifs is 1. The molecule has 3 aliphatic rings. The van der Waals surface area contributed by atoms with E-state index in [1.165, 1.54) is 28.4 Å². The second-order valence-electron chi connectivity index (χ2n) is 9.90. The highest BCUT2D eigenvalue weighted by Crippen LogP contribution is 2.22. The van der Waals surface area contributed by atoms with Crippen LogP contribution in [-0.2, 0) is 27.8 Å². The summed E-state index contributed by atoms with van der Waals surface area (Å²) in [6.07, 6.45) is 4.26. The minimum atomic E-state index is -4.14. The number of piperazine rings is 1. The number of aromatic nitrogens is 2. The van der Waals surface area contributed by atoms with Crippen LogP contribution in [-0.4, -0.2) is 97.0 Å². The summed E-state index contributed by atoms with van der Waals surface area (Å²) in [6.45, 7) is 1.38. The van der Waals surface area contributed by atoms with E-state index in [4.69, 9.17) is 4.74 Å². The molecule has 3 heterocycles. The van der Waals surface area contributed by atoms with Crippen molar-refractivity contribution in [3.8, 4) is 0 Å². The number of benzene rings is 1. The average molecular weight is 573 g/mol. The SMILES string of the molecule is O=C(NS(=O)(=O)N1CCN(C(=O)Nc2nccnc2C(=O)NC2Cc3ccccc3C2)CC1)O[C@H]1CCCNC1. The molecule has 14 nitrogen and oxygen atoms in total. The van der Waals surface area contributed by atoms with E-state index >= 15 is 0 Å². The molecule has 15 heteroatoms. The maximum absolute atomic E-state index is 13.0. The molecule has 2 aromatic rings. The van der Waals surface area contributed by atoms with Crippen LogP contribution in [0.1, 0.15) is 34.5 Å². The van der Waals surface area contributed by atoms with E-state index in [0.29, 0.717) is 25.8 Å². The number of hydrogen-bond donors (Lipinski definition) is 4. The molecule has 2 aliphatic heterocycles. The molecule has 2 saturated heterocycles. The van der Waals surface area contributed by atoms with Crippen molar-refractivity contribution in [2.45, 2.75) is 37.8 Å². The fourth-order valence-corrected chi connectivity index (χ4v) is 6.12. The zero-order valence-electron chi connectivity index (χ0n) is 21.8. The molecule has 0 saturated carbocycles. The Morgan fingerprint density at radius 2 is 1.70 bits per heavy atom. The Morgan fingerprint density at radius 1 is 1.00 bits per heavy atom. The van der Waals surface area contributed by atoms with Gasteiger partial charge < -0.3 is 20.3 Å². The van der Waals surface area contributed by atoms with Gasteiger partial charge in [0.05, 0.1) is 0 Å². The maximum atomic E-state index is 13.0. The van der Waals surface area contributed by atoms with Crippen molar-refractivity contribution in [1.29, 1.82) is 0 Å². The second-order valence-corrected chi connectivity index (χ2v) is 11.6. The van der Waals surface area contributed by atoms with Crippen molar-refractivity contribution in [1.82, 2.24) is 34.5 Å². The van der Waals surface area contributed by atoms with E-state index in [-0.39, 0.29) is 49.8 Å². The molecule has 214 valence electrons. The van der Waals surface area contributed by atoms with Crippen LogP contribution in [0.15, 0.2) is 36.7 Å². The molecule has 2 fully saturated rings. The van der Waals surface area contributed by atoms with Gasteiger partial charge in [-0.15, -0.1) is 0 Å². The number of nitrogens with zero attached hydrogens (tertiary/aromatic N) is 4. The maximum Gasteiger partial charge on any atom is 0.422 e. The van der Waals surface area contributed by atoms with Gasteiger partial charge in [0, 0.05) is 51.2 Å². The number of carbonyl (C=O) groups is 3. The van der Waals surface area contributed by atoms with Crippen LogP contribution in [0.3, 0.4) is 0 Å². The molecule has 4 amide bonds. The van der Waals surface area contributed by atoms with Crippen LogP contribution < -0.4 is 20.7 Å². The quantitative estimate of drug-likeness (QED) is 0.378. The number of urea groups is 1. The van der Waals surface area contributed by atoms with Crippen LogP contribution in [0.2, 0.25) is 0 Å². The Morgan fingerprint density at radius 3 is 2.38 bits per heavy atom. The number of piperidine rings is 1. The molecule has 0 bridgehead atoms. The third-order valence-electron chi connectivity index (χ3n) is 7.13.